The van der Waals surface area contributed by atoms with Crippen molar-refractivity contribution in [3.63, 3.8) is 0 Å². The highest BCUT2D eigenvalue weighted by molar-refractivity contribution is 8.18. The Morgan fingerprint density at radius 3 is 2.54 bits per heavy atom. The summed E-state index contributed by atoms with van der Waals surface area (Å²) in [5, 5.41) is 21.8. The summed E-state index contributed by atoms with van der Waals surface area (Å²) in [5.74, 6) is 0.244. The van der Waals surface area contributed by atoms with Gasteiger partial charge in [-0.05, 0) is 41.6 Å². The summed E-state index contributed by atoms with van der Waals surface area (Å²) >= 11 is 0.796. The molecule has 1 N–H and O–H groups in total. The van der Waals surface area contributed by atoms with Gasteiger partial charge in [0.2, 0.25) is 0 Å². The summed E-state index contributed by atoms with van der Waals surface area (Å²) in [4.78, 5) is 33.4. The Balaban J connectivity index is 1.91. The lowest BCUT2D eigenvalue weighted by molar-refractivity contribution is -0.384. The number of nitro groups is 1. The van der Waals surface area contributed by atoms with Crippen LogP contribution in [-0.4, -0.2) is 23.2 Å². The van der Waals surface area contributed by atoms with Crippen molar-refractivity contribution in [2.45, 2.75) is 0 Å². The first-order chi connectivity index (χ1) is 13.4. The summed E-state index contributed by atoms with van der Waals surface area (Å²) < 4.78 is 11.0. The van der Waals surface area contributed by atoms with Crippen LogP contribution in [0.15, 0.2) is 41.3 Å². The van der Waals surface area contributed by atoms with Crippen molar-refractivity contribution >= 4 is 34.7 Å². The Morgan fingerprint density at radius 1 is 1.18 bits per heavy atom. The van der Waals surface area contributed by atoms with Crippen molar-refractivity contribution in [1.29, 1.82) is 5.26 Å². The van der Waals surface area contributed by atoms with Gasteiger partial charge in [0.25, 0.3) is 16.8 Å². The number of non-ortho nitro benzene ring substituents is 1. The number of hydrogen-bond acceptors (Lipinski definition) is 8. The van der Waals surface area contributed by atoms with Gasteiger partial charge in [-0.1, -0.05) is 6.07 Å². The number of nitrogens with zero attached hydrogens (tertiary/aromatic N) is 2. The number of amides is 2. The van der Waals surface area contributed by atoms with E-state index >= 15 is 0 Å². The molecular weight excluding hydrogens is 386 g/mol. The van der Waals surface area contributed by atoms with E-state index in [1.165, 1.54) is 25.3 Å². The third kappa shape index (κ3) is 3.94. The minimum Gasteiger partial charge on any atom is -0.493 e. The Kier molecular flexibility index (Phi) is 5.28. The molecule has 2 aromatic carbocycles. The highest BCUT2D eigenvalue weighted by atomic mass is 32.2. The van der Waals surface area contributed by atoms with Crippen molar-refractivity contribution in [2.24, 2.45) is 0 Å². The minimum absolute atomic E-state index is 0.0000123. The molecule has 1 saturated heterocycles. The van der Waals surface area contributed by atoms with E-state index in [0.29, 0.717) is 11.3 Å². The van der Waals surface area contributed by atoms with E-state index in [1.54, 1.807) is 18.2 Å². The molecule has 3 rings (SSSR count). The van der Waals surface area contributed by atoms with E-state index in [9.17, 15) is 25.0 Å². The fraction of sp³-hybridized carbons (Fsp3) is 0.0556. The van der Waals surface area contributed by atoms with Crippen LogP contribution >= 0.6 is 11.8 Å². The fourth-order valence-electron chi connectivity index (χ4n) is 2.36. The summed E-state index contributed by atoms with van der Waals surface area (Å²) in [6.45, 7) is 0. The average molecular weight is 397 g/mol. The molecule has 0 spiro atoms. The number of methoxy groups -OCH3 is 1. The Labute approximate surface area is 162 Å². The zero-order valence-corrected chi connectivity index (χ0v) is 15.1. The molecule has 0 saturated carbocycles. The number of benzene rings is 2. The monoisotopic (exact) mass is 397 g/mol. The summed E-state index contributed by atoms with van der Waals surface area (Å²) in [7, 11) is 1.42. The number of ether oxygens (including phenoxy) is 2. The van der Waals surface area contributed by atoms with Crippen molar-refractivity contribution in [3.05, 3.63) is 62.5 Å². The van der Waals surface area contributed by atoms with E-state index in [2.05, 4.69) is 5.32 Å². The number of nitriles is 1. The maximum atomic E-state index is 11.6. The summed E-state index contributed by atoms with van der Waals surface area (Å²) in [5.41, 5.74) is 0.375. The standard InChI is InChI=1S/C18H11N3O6S/c1-26-15-6-10(7-16-17(22)20-18(23)28-16)2-4-14(15)27-13-5-3-12(21(24)25)8-11(13)9-19/h2-8H,1H3,(H,20,22,23). The second-order valence-electron chi connectivity index (χ2n) is 5.41. The summed E-state index contributed by atoms with van der Waals surface area (Å²) in [6, 6.07) is 10.3. The zero-order chi connectivity index (χ0) is 20.3. The lowest BCUT2D eigenvalue weighted by Gasteiger charge is -2.12. The molecule has 0 atom stereocenters. The molecule has 0 unspecified atom stereocenters. The van der Waals surface area contributed by atoms with Crippen LogP contribution in [0.4, 0.5) is 10.5 Å². The van der Waals surface area contributed by atoms with Crippen LogP contribution in [0, 0.1) is 21.4 Å². The number of nitro benzene ring substituents is 1. The van der Waals surface area contributed by atoms with Crippen LogP contribution in [0.2, 0.25) is 0 Å². The maximum absolute atomic E-state index is 11.6. The third-order valence-electron chi connectivity index (χ3n) is 3.64. The van der Waals surface area contributed by atoms with E-state index in [1.807, 2.05) is 6.07 Å². The third-order valence-corrected chi connectivity index (χ3v) is 4.45. The molecule has 140 valence electrons. The van der Waals surface area contributed by atoms with Gasteiger partial charge in [0.15, 0.2) is 11.5 Å². The first kappa shape index (κ1) is 18.9. The van der Waals surface area contributed by atoms with Crippen LogP contribution in [0.3, 0.4) is 0 Å². The lowest BCUT2D eigenvalue weighted by Crippen LogP contribution is -2.17. The number of rotatable bonds is 5. The number of carbonyl (C=O) groups is 2. The molecule has 1 aliphatic heterocycles. The number of hydrogen-bond donors (Lipinski definition) is 1. The van der Waals surface area contributed by atoms with Gasteiger partial charge in [-0.25, -0.2) is 0 Å². The lowest BCUT2D eigenvalue weighted by atomic mass is 10.1. The molecule has 0 aliphatic carbocycles. The van der Waals surface area contributed by atoms with Crippen molar-refractivity contribution in [2.75, 3.05) is 7.11 Å². The second-order valence-corrected chi connectivity index (χ2v) is 6.43. The van der Waals surface area contributed by atoms with Crippen LogP contribution in [0.5, 0.6) is 17.2 Å². The van der Waals surface area contributed by atoms with Crippen LogP contribution < -0.4 is 14.8 Å². The average Bonchev–Trinajstić information content (AvgIpc) is 2.99. The van der Waals surface area contributed by atoms with Gasteiger partial charge in [-0.3, -0.25) is 25.0 Å². The zero-order valence-electron chi connectivity index (χ0n) is 14.3. The number of imide groups is 1. The Morgan fingerprint density at radius 2 is 1.93 bits per heavy atom. The maximum Gasteiger partial charge on any atom is 0.290 e. The van der Waals surface area contributed by atoms with Gasteiger partial charge in [-0.15, -0.1) is 0 Å². The quantitative estimate of drug-likeness (QED) is 0.460. The highest BCUT2D eigenvalue weighted by Gasteiger charge is 2.25. The van der Waals surface area contributed by atoms with Gasteiger partial charge in [0.05, 0.1) is 16.9 Å². The van der Waals surface area contributed by atoms with Crippen LogP contribution in [0.1, 0.15) is 11.1 Å². The molecule has 2 aromatic rings. The molecule has 2 amide bonds. The fourth-order valence-corrected chi connectivity index (χ4v) is 3.04. The molecule has 1 heterocycles. The molecule has 0 bridgehead atoms. The molecule has 0 radical (unpaired) electrons. The molecule has 1 fully saturated rings. The van der Waals surface area contributed by atoms with Gasteiger partial charge in [0.1, 0.15) is 17.4 Å². The first-order valence-electron chi connectivity index (χ1n) is 7.70. The van der Waals surface area contributed by atoms with E-state index in [4.69, 9.17) is 9.47 Å². The second kappa shape index (κ2) is 7.81. The molecule has 10 heteroatoms. The molecular formula is C18H11N3O6S. The molecule has 28 heavy (non-hydrogen) atoms. The predicted molar refractivity (Wildman–Crippen MR) is 100.0 cm³/mol. The predicted octanol–water partition coefficient (Wildman–Crippen LogP) is 3.59. The Bertz CT molecular complexity index is 1070. The molecule has 0 aromatic heterocycles. The van der Waals surface area contributed by atoms with Crippen molar-refractivity contribution in [3.8, 4) is 23.3 Å². The topological polar surface area (TPSA) is 132 Å². The SMILES string of the molecule is COc1cc(C=C2SC(=O)NC2=O)ccc1Oc1ccc([N+](=O)[O-])cc1C#N. The van der Waals surface area contributed by atoms with Crippen molar-refractivity contribution < 1.29 is 24.0 Å². The van der Waals surface area contributed by atoms with Gasteiger partial charge in [-0.2, -0.15) is 5.26 Å². The van der Waals surface area contributed by atoms with Crippen molar-refractivity contribution in [1.82, 2.24) is 5.32 Å². The normalized spacial score (nSPS) is 14.5. The smallest absolute Gasteiger partial charge is 0.290 e. The largest absolute Gasteiger partial charge is 0.493 e. The number of thioether (sulfide) groups is 1. The van der Waals surface area contributed by atoms with E-state index < -0.39 is 16.1 Å². The summed E-state index contributed by atoms with van der Waals surface area (Å²) in [6.07, 6.45) is 1.53. The molecule has 9 nitrogen and oxygen atoms in total. The molecule has 1 aliphatic rings. The first-order valence-corrected chi connectivity index (χ1v) is 8.52. The van der Waals surface area contributed by atoms with Gasteiger partial charge in [0, 0.05) is 12.1 Å². The van der Waals surface area contributed by atoms with Gasteiger partial charge < -0.3 is 9.47 Å². The minimum atomic E-state index is -0.602. The highest BCUT2D eigenvalue weighted by Crippen LogP contribution is 2.36. The van der Waals surface area contributed by atoms with Gasteiger partial charge >= 0.3 is 0 Å². The number of carbonyl (C=O) groups excluding carboxylic acids is 2. The van der Waals surface area contributed by atoms with Crippen LogP contribution in [0.25, 0.3) is 6.08 Å². The Hall–Kier alpha value is -3.84. The number of nitrogens with one attached hydrogen (secondary N) is 1. The van der Waals surface area contributed by atoms with E-state index in [-0.39, 0.29) is 27.7 Å². The van der Waals surface area contributed by atoms with Crippen LogP contribution in [-0.2, 0) is 4.79 Å². The van der Waals surface area contributed by atoms with E-state index in [0.717, 1.165) is 17.8 Å².